The van der Waals surface area contributed by atoms with Crippen LogP contribution in [0.3, 0.4) is 0 Å². The molecule has 0 unspecified atom stereocenters. The van der Waals surface area contributed by atoms with Crippen LogP contribution in [-0.2, 0) is 24.2 Å². The molecule has 1 aromatic heterocycles. The number of hydrogen-bond acceptors (Lipinski definition) is 1. The molecule has 1 atom stereocenters. The van der Waals surface area contributed by atoms with Crippen molar-refractivity contribution in [3.05, 3.63) is 107 Å². The number of carbonyl (C=O) groups is 1. The van der Waals surface area contributed by atoms with Crippen LogP contribution in [0.5, 0.6) is 0 Å². The first-order valence-electron chi connectivity index (χ1n) is 9.86. The van der Waals surface area contributed by atoms with Gasteiger partial charge in [0.25, 0.3) is 0 Å². The van der Waals surface area contributed by atoms with E-state index in [1.807, 2.05) is 24.3 Å². The number of aldehydes is 1. The van der Waals surface area contributed by atoms with Crippen LogP contribution in [0.2, 0.25) is 0 Å². The lowest BCUT2D eigenvalue weighted by molar-refractivity contribution is -0.111. The van der Waals surface area contributed by atoms with Crippen molar-refractivity contribution < 1.29 is 4.79 Å². The lowest BCUT2D eigenvalue weighted by Gasteiger charge is -2.12. The first-order chi connectivity index (χ1) is 13.8. The van der Waals surface area contributed by atoms with E-state index in [0.29, 0.717) is 0 Å². The van der Waals surface area contributed by atoms with Gasteiger partial charge in [-0.05, 0) is 42.5 Å². The third-order valence-electron chi connectivity index (χ3n) is 5.54. The van der Waals surface area contributed by atoms with Crippen LogP contribution in [0.1, 0.15) is 22.4 Å². The number of carbonyl (C=O) groups excluding carboxylic acids is 1. The minimum absolute atomic E-state index is 0.0166. The maximum atomic E-state index is 11.9. The van der Waals surface area contributed by atoms with Crippen molar-refractivity contribution in [3.63, 3.8) is 0 Å². The Balaban J connectivity index is 1.68. The van der Waals surface area contributed by atoms with Gasteiger partial charge in [-0.3, -0.25) is 0 Å². The standard InChI is InChI=1S/C26H25NO/c1-20-25(17-23(19-28)16-21-10-4-2-5-11-21)24-14-8-9-15-26(24)27(20)18-22-12-6-3-7-13-22/h2-15,19,23H,16-18H2,1H3/t23-/m0/s1. The number of fused-ring (bicyclic) bond motifs is 1. The van der Waals surface area contributed by atoms with E-state index in [2.05, 4.69) is 72.2 Å². The van der Waals surface area contributed by atoms with Gasteiger partial charge in [0, 0.05) is 29.1 Å². The second-order valence-electron chi connectivity index (χ2n) is 7.44. The molecule has 1 heterocycles. The van der Waals surface area contributed by atoms with Crippen molar-refractivity contribution in [1.82, 2.24) is 4.57 Å². The number of benzene rings is 3. The zero-order valence-corrected chi connectivity index (χ0v) is 16.2. The minimum atomic E-state index is -0.0166. The molecule has 0 radical (unpaired) electrons. The van der Waals surface area contributed by atoms with Crippen LogP contribution < -0.4 is 0 Å². The molecule has 2 heteroatoms. The first-order valence-corrected chi connectivity index (χ1v) is 9.86. The third kappa shape index (κ3) is 3.77. The van der Waals surface area contributed by atoms with E-state index < -0.39 is 0 Å². The van der Waals surface area contributed by atoms with Crippen LogP contribution in [0.4, 0.5) is 0 Å². The molecule has 0 saturated heterocycles. The van der Waals surface area contributed by atoms with Crippen molar-refractivity contribution in [1.29, 1.82) is 0 Å². The van der Waals surface area contributed by atoms with Crippen molar-refractivity contribution >= 4 is 17.2 Å². The van der Waals surface area contributed by atoms with Crippen molar-refractivity contribution in [2.75, 3.05) is 0 Å². The summed E-state index contributed by atoms with van der Waals surface area (Å²) in [6.07, 6.45) is 2.67. The van der Waals surface area contributed by atoms with Crippen LogP contribution >= 0.6 is 0 Å². The number of aromatic nitrogens is 1. The number of nitrogens with zero attached hydrogens (tertiary/aromatic N) is 1. The first kappa shape index (κ1) is 18.2. The van der Waals surface area contributed by atoms with Gasteiger partial charge in [0.1, 0.15) is 6.29 Å². The van der Waals surface area contributed by atoms with E-state index in [4.69, 9.17) is 0 Å². The average molecular weight is 367 g/mol. The second-order valence-corrected chi connectivity index (χ2v) is 7.44. The van der Waals surface area contributed by atoms with Gasteiger partial charge < -0.3 is 9.36 Å². The summed E-state index contributed by atoms with van der Waals surface area (Å²) < 4.78 is 2.38. The Bertz CT molecular complexity index is 1060. The smallest absolute Gasteiger partial charge is 0.123 e. The molecule has 0 bridgehead atoms. The van der Waals surface area contributed by atoms with Gasteiger partial charge in [0.15, 0.2) is 0 Å². The van der Waals surface area contributed by atoms with Gasteiger partial charge in [0.05, 0.1) is 0 Å². The summed E-state index contributed by atoms with van der Waals surface area (Å²) in [5.74, 6) is -0.0166. The maximum absolute atomic E-state index is 11.9. The van der Waals surface area contributed by atoms with Crippen LogP contribution in [0.15, 0.2) is 84.9 Å². The molecule has 4 aromatic rings. The Morgan fingerprint density at radius 3 is 2.07 bits per heavy atom. The normalized spacial score (nSPS) is 12.2. The largest absolute Gasteiger partial charge is 0.340 e. The molecule has 0 aliphatic heterocycles. The van der Waals surface area contributed by atoms with Crippen molar-refractivity contribution in [2.24, 2.45) is 5.92 Å². The van der Waals surface area contributed by atoms with E-state index in [-0.39, 0.29) is 5.92 Å². The molecule has 0 fully saturated rings. The summed E-state index contributed by atoms with van der Waals surface area (Å²) in [5.41, 5.74) is 6.28. The van der Waals surface area contributed by atoms with Crippen molar-refractivity contribution in [3.8, 4) is 0 Å². The topological polar surface area (TPSA) is 22.0 Å². The van der Waals surface area contributed by atoms with Crippen LogP contribution in [-0.4, -0.2) is 10.9 Å². The van der Waals surface area contributed by atoms with Gasteiger partial charge in [-0.1, -0.05) is 78.9 Å². The highest BCUT2D eigenvalue weighted by molar-refractivity contribution is 5.86. The fraction of sp³-hybridized carbons (Fsp3) is 0.192. The minimum Gasteiger partial charge on any atom is -0.340 e. The molecule has 28 heavy (non-hydrogen) atoms. The van der Waals surface area contributed by atoms with Gasteiger partial charge in [-0.25, -0.2) is 0 Å². The van der Waals surface area contributed by atoms with Crippen LogP contribution in [0.25, 0.3) is 10.9 Å². The number of para-hydroxylation sites is 1. The Kier molecular flexibility index (Phi) is 5.38. The Morgan fingerprint density at radius 2 is 1.39 bits per heavy atom. The maximum Gasteiger partial charge on any atom is 0.123 e. The Labute approximate surface area is 166 Å². The summed E-state index contributed by atoms with van der Waals surface area (Å²) >= 11 is 0. The summed E-state index contributed by atoms with van der Waals surface area (Å²) in [6.45, 7) is 3.03. The molecule has 140 valence electrons. The second kappa shape index (κ2) is 8.26. The lowest BCUT2D eigenvalue weighted by atomic mass is 9.92. The van der Waals surface area contributed by atoms with E-state index >= 15 is 0 Å². The van der Waals surface area contributed by atoms with Gasteiger partial charge in [0.2, 0.25) is 0 Å². The fourth-order valence-electron chi connectivity index (χ4n) is 4.08. The van der Waals surface area contributed by atoms with Gasteiger partial charge >= 0.3 is 0 Å². The van der Waals surface area contributed by atoms with E-state index in [9.17, 15) is 4.79 Å². The van der Waals surface area contributed by atoms with Gasteiger partial charge in [-0.2, -0.15) is 0 Å². The predicted octanol–water partition coefficient (Wildman–Crippen LogP) is 5.60. The highest BCUT2D eigenvalue weighted by atomic mass is 16.1. The predicted molar refractivity (Wildman–Crippen MR) is 116 cm³/mol. The summed E-state index contributed by atoms with van der Waals surface area (Å²) in [7, 11) is 0. The fourth-order valence-corrected chi connectivity index (χ4v) is 4.08. The summed E-state index contributed by atoms with van der Waals surface area (Å²) in [4.78, 5) is 11.9. The molecule has 0 aliphatic rings. The molecule has 3 aromatic carbocycles. The number of hydrogen-bond donors (Lipinski definition) is 0. The third-order valence-corrected chi connectivity index (χ3v) is 5.54. The molecule has 0 N–H and O–H groups in total. The molecule has 0 amide bonds. The molecule has 4 rings (SSSR count). The SMILES string of the molecule is Cc1c(C[C@@H](C=O)Cc2ccccc2)c2ccccc2n1Cc1ccccc1. The average Bonchev–Trinajstić information content (AvgIpc) is 3.00. The zero-order chi connectivity index (χ0) is 19.3. The highest BCUT2D eigenvalue weighted by Gasteiger charge is 2.18. The Morgan fingerprint density at radius 1 is 0.786 bits per heavy atom. The monoisotopic (exact) mass is 367 g/mol. The molecular formula is C26H25NO. The van der Waals surface area contributed by atoms with E-state index in [0.717, 1.165) is 25.7 Å². The Hall–Kier alpha value is -3.13. The molecule has 0 spiro atoms. The quantitative estimate of drug-likeness (QED) is 0.390. The molecular weight excluding hydrogens is 342 g/mol. The molecule has 2 nitrogen and oxygen atoms in total. The molecule has 0 saturated carbocycles. The summed E-state index contributed by atoms with van der Waals surface area (Å²) in [6, 6.07) is 29.4. The number of rotatable bonds is 7. The summed E-state index contributed by atoms with van der Waals surface area (Å²) in [5, 5.41) is 1.26. The lowest BCUT2D eigenvalue weighted by Crippen LogP contribution is -2.11. The van der Waals surface area contributed by atoms with Gasteiger partial charge in [-0.15, -0.1) is 0 Å². The van der Waals surface area contributed by atoms with E-state index in [1.54, 1.807) is 0 Å². The van der Waals surface area contributed by atoms with Crippen molar-refractivity contribution in [2.45, 2.75) is 26.3 Å². The van der Waals surface area contributed by atoms with E-state index in [1.165, 1.54) is 33.3 Å². The molecule has 0 aliphatic carbocycles. The van der Waals surface area contributed by atoms with Crippen LogP contribution in [0, 0.1) is 12.8 Å². The highest BCUT2D eigenvalue weighted by Crippen LogP contribution is 2.29. The zero-order valence-electron chi connectivity index (χ0n) is 16.2.